The highest BCUT2D eigenvalue weighted by Crippen LogP contribution is 2.20. The molecule has 0 fully saturated rings. The summed E-state index contributed by atoms with van der Waals surface area (Å²) in [5.74, 6) is 0. The van der Waals surface area contributed by atoms with Gasteiger partial charge in [-0.05, 0) is 58.7 Å². The first-order chi connectivity index (χ1) is 8.87. The fraction of sp³-hybridized carbons (Fsp3) is 0.647. The summed E-state index contributed by atoms with van der Waals surface area (Å²) >= 11 is 0. The largest absolute Gasteiger partial charge is 0.368 e. The second kappa shape index (κ2) is 6.95. The maximum Gasteiger partial charge on any atom is 0.0411 e. The van der Waals surface area contributed by atoms with Crippen molar-refractivity contribution in [2.75, 3.05) is 18.0 Å². The number of hydrogen-bond donors (Lipinski definition) is 1. The lowest BCUT2D eigenvalue weighted by atomic mass is 10.1. The highest BCUT2D eigenvalue weighted by molar-refractivity contribution is 5.49. The molecular formula is C17H30N2. The predicted octanol–water partition coefficient (Wildman–Crippen LogP) is 3.99. The smallest absolute Gasteiger partial charge is 0.0411 e. The van der Waals surface area contributed by atoms with Gasteiger partial charge in [-0.25, -0.2) is 0 Å². The number of nitrogens with one attached hydrogen (secondary N) is 1. The van der Waals surface area contributed by atoms with E-state index in [1.165, 1.54) is 11.3 Å². The number of anilines is 1. The zero-order valence-corrected chi connectivity index (χ0v) is 13.5. The van der Waals surface area contributed by atoms with Crippen molar-refractivity contribution in [3.63, 3.8) is 0 Å². The fourth-order valence-corrected chi connectivity index (χ4v) is 2.36. The summed E-state index contributed by atoms with van der Waals surface area (Å²) < 4.78 is 0. The summed E-state index contributed by atoms with van der Waals surface area (Å²) in [5, 5.41) is 3.63. The van der Waals surface area contributed by atoms with Crippen LogP contribution in [0.25, 0.3) is 0 Å². The summed E-state index contributed by atoms with van der Waals surface area (Å²) in [6.45, 7) is 15.4. The first-order valence-corrected chi connectivity index (χ1v) is 7.45. The Bertz CT molecular complexity index is 379. The average molecular weight is 262 g/mol. The lowest BCUT2D eigenvalue weighted by Crippen LogP contribution is -2.47. The Labute approximate surface area is 119 Å². The van der Waals surface area contributed by atoms with Crippen molar-refractivity contribution in [2.24, 2.45) is 0 Å². The van der Waals surface area contributed by atoms with Crippen LogP contribution in [-0.2, 0) is 0 Å². The van der Waals surface area contributed by atoms with Crippen molar-refractivity contribution in [1.82, 2.24) is 5.32 Å². The van der Waals surface area contributed by atoms with Gasteiger partial charge in [0.2, 0.25) is 0 Å². The molecule has 0 saturated carbocycles. The van der Waals surface area contributed by atoms with Crippen LogP contribution in [0.1, 0.15) is 46.6 Å². The minimum Gasteiger partial charge on any atom is -0.368 e. The molecule has 1 unspecified atom stereocenters. The quantitative estimate of drug-likeness (QED) is 0.834. The van der Waals surface area contributed by atoms with Crippen LogP contribution in [0.2, 0.25) is 0 Å². The van der Waals surface area contributed by atoms with E-state index in [1.807, 2.05) is 0 Å². The van der Waals surface area contributed by atoms with Crippen molar-refractivity contribution in [3.8, 4) is 0 Å². The summed E-state index contributed by atoms with van der Waals surface area (Å²) in [6.07, 6.45) is 1.16. The van der Waals surface area contributed by atoms with E-state index < -0.39 is 0 Å². The molecule has 0 heterocycles. The number of rotatable bonds is 6. The van der Waals surface area contributed by atoms with E-state index in [1.54, 1.807) is 0 Å². The van der Waals surface area contributed by atoms with Gasteiger partial charge in [-0.2, -0.15) is 0 Å². The van der Waals surface area contributed by atoms with Crippen LogP contribution < -0.4 is 10.2 Å². The Kier molecular flexibility index (Phi) is 5.86. The average Bonchev–Trinajstić information content (AvgIpc) is 2.33. The highest BCUT2D eigenvalue weighted by Gasteiger charge is 2.18. The molecule has 0 bridgehead atoms. The molecule has 0 amide bonds. The molecule has 2 nitrogen and oxygen atoms in total. The summed E-state index contributed by atoms with van der Waals surface area (Å²) in [5.41, 5.74) is 2.85. The van der Waals surface area contributed by atoms with Crippen LogP contribution in [-0.4, -0.2) is 24.7 Å². The standard InChI is InChI=1S/C17H30N2/c1-7-15(13-18-17(4,5)6)19(8-2)16-11-9-10-14(3)12-16/h9-12,15,18H,7-8,13H2,1-6H3. The van der Waals surface area contributed by atoms with Gasteiger partial charge in [0.15, 0.2) is 0 Å². The third kappa shape index (κ3) is 5.23. The van der Waals surface area contributed by atoms with Gasteiger partial charge in [0.1, 0.15) is 0 Å². The van der Waals surface area contributed by atoms with Crippen molar-refractivity contribution in [2.45, 2.75) is 59.5 Å². The van der Waals surface area contributed by atoms with Gasteiger partial charge in [-0.15, -0.1) is 0 Å². The van der Waals surface area contributed by atoms with E-state index in [2.05, 4.69) is 76.0 Å². The van der Waals surface area contributed by atoms with Gasteiger partial charge >= 0.3 is 0 Å². The van der Waals surface area contributed by atoms with E-state index in [-0.39, 0.29) is 5.54 Å². The Balaban J connectivity index is 2.81. The summed E-state index contributed by atoms with van der Waals surface area (Å²) in [4.78, 5) is 2.51. The van der Waals surface area contributed by atoms with E-state index in [9.17, 15) is 0 Å². The lowest BCUT2D eigenvalue weighted by molar-refractivity contribution is 0.394. The first kappa shape index (κ1) is 16.0. The zero-order valence-electron chi connectivity index (χ0n) is 13.5. The van der Waals surface area contributed by atoms with Gasteiger partial charge in [-0.1, -0.05) is 19.1 Å². The van der Waals surface area contributed by atoms with Crippen LogP contribution in [0.4, 0.5) is 5.69 Å². The van der Waals surface area contributed by atoms with Crippen molar-refractivity contribution >= 4 is 5.69 Å². The third-order valence-corrected chi connectivity index (χ3v) is 3.45. The van der Waals surface area contributed by atoms with Gasteiger partial charge in [0, 0.05) is 30.4 Å². The van der Waals surface area contributed by atoms with Crippen molar-refractivity contribution in [3.05, 3.63) is 29.8 Å². The molecule has 1 rings (SSSR count). The Morgan fingerprint density at radius 2 is 1.89 bits per heavy atom. The minimum absolute atomic E-state index is 0.180. The maximum absolute atomic E-state index is 3.63. The normalized spacial score (nSPS) is 13.4. The van der Waals surface area contributed by atoms with Crippen LogP contribution in [0.5, 0.6) is 0 Å². The topological polar surface area (TPSA) is 15.3 Å². The molecule has 0 saturated heterocycles. The van der Waals surface area contributed by atoms with E-state index in [0.717, 1.165) is 19.5 Å². The van der Waals surface area contributed by atoms with Crippen LogP contribution in [0.3, 0.4) is 0 Å². The molecule has 0 aliphatic heterocycles. The Morgan fingerprint density at radius 3 is 2.37 bits per heavy atom. The molecule has 0 aromatic heterocycles. The van der Waals surface area contributed by atoms with Crippen LogP contribution in [0.15, 0.2) is 24.3 Å². The molecule has 108 valence electrons. The summed E-state index contributed by atoms with van der Waals surface area (Å²) in [6, 6.07) is 9.36. The lowest BCUT2D eigenvalue weighted by Gasteiger charge is -2.35. The monoisotopic (exact) mass is 262 g/mol. The predicted molar refractivity (Wildman–Crippen MR) is 86.0 cm³/mol. The molecule has 1 atom stereocenters. The number of nitrogens with zero attached hydrogens (tertiary/aromatic N) is 1. The SMILES string of the molecule is CCC(CNC(C)(C)C)N(CC)c1cccc(C)c1. The van der Waals surface area contributed by atoms with Gasteiger partial charge in [0.05, 0.1) is 0 Å². The molecular weight excluding hydrogens is 232 g/mol. The number of aryl methyl sites for hydroxylation is 1. The molecule has 0 radical (unpaired) electrons. The fourth-order valence-electron chi connectivity index (χ4n) is 2.36. The zero-order chi connectivity index (χ0) is 14.5. The van der Waals surface area contributed by atoms with E-state index in [4.69, 9.17) is 0 Å². The highest BCUT2D eigenvalue weighted by atomic mass is 15.2. The maximum atomic E-state index is 3.63. The van der Waals surface area contributed by atoms with E-state index >= 15 is 0 Å². The molecule has 0 spiro atoms. The third-order valence-electron chi connectivity index (χ3n) is 3.45. The second-order valence-corrected chi connectivity index (χ2v) is 6.32. The van der Waals surface area contributed by atoms with Gasteiger partial charge in [0.25, 0.3) is 0 Å². The van der Waals surface area contributed by atoms with E-state index in [0.29, 0.717) is 6.04 Å². The second-order valence-electron chi connectivity index (χ2n) is 6.32. The van der Waals surface area contributed by atoms with Crippen LogP contribution >= 0.6 is 0 Å². The van der Waals surface area contributed by atoms with Crippen molar-refractivity contribution < 1.29 is 0 Å². The minimum atomic E-state index is 0.180. The Hall–Kier alpha value is -1.02. The first-order valence-electron chi connectivity index (χ1n) is 7.45. The number of likely N-dealkylation sites (N-methyl/N-ethyl adjacent to an activating group) is 1. The molecule has 1 aromatic carbocycles. The molecule has 0 aliphatic carbocycles. The van der Waals surface area contributed by atoms with Gasteiger partial charge in [-0.3, -0.25) is 0 Å². The van der Waals surface area contributed by atoms with Gasteiger partial charge < -0.3 is 10.2 Å². The number of benzene rings is 1. The molecule has 19 heavy (non-hydrogen) atoms. The summed E-state index contributed by atoms with van der Waals surface area (Å²) in [7, 11) is 0. The molecule has 1 aromatic rings. The van der Waals surface area contributed by atoms with Crippen molar-refractivity contribution in [1.29, 1.82) is 0 Å². The molecule has 1 N–H and O–H groups in total. The number of hydrogen-bond acceptors (Lipinski definition) is 2. The Morgan fingerprint density at radius 1 is 1.21 bits per heavy atom. The molecule has 0 aliphatic rings. The van der Waals surface area contributed by atoms with Crippen LogP contribution in [0, 0.1) is 6.92 Å². The molecule has 2 heteroatoms.